The lowest BCUT2D eigenvalue weighted by atomic mass is 10.1. The van der Waals surface area contributed by atoms with E-state index < -0.39 is 5.92 Å². The Balaban J connectivity index is 2.76. The molecule has 0 fully saturated rings. The molecule has 1 rings (SSSR count). The number of carbonyl (C=O) groups excluding carboxylic acids is 1. The van der Waals surface area contributed by atoms with Crippen LogP contribution in [-0.4, -0.2) is 29.2 Å². The van der Waals surface area contributed by atoms with E-state index in [-0.39, 0.29) is 12.5 Å². The number of hydrogen-bond donors (Lipinski definition) is 1. The first-order chi connectivity index (χ1) is 5.79. The quantitative estimate of drug-likeness (QED) is 0.660. The Hall–Kier alpha value is -1.01. The molecule has 0 aliphatic carbocycles. The van der Waals surface area contributed by atoms with Crippen LogP contribution in [0.1, 0.15) is 11.6 Å². The van der Waals surface area contributed by atoms with E-state index in [0.717, 1.165) is 0 Å². The summed E-state index contributed by atoms with van der Waals surface area (Å²) in [4.78, 5) is 11.1. The van der Waals surface area contributed by atoms with Gasteiger partial charge in [0.05, 0.1) is 12.8 Å². The normalized spacial score (nSPS) is 12.5. The highest BCUT2D eigenvalue weighted by Gasteiger charge is 2.21. The van der Waals surface area contributed by atoms with E-state index in [1.165, 1.54) is 18.6 Å². The molecule has 0 saturated carbocycles. The van der Waals surface area contributed by atoms with Gasteiger partial charge < -0.3 is 10.5 Å². The summed E-state index contributed by atoms with van der Waals surface area (Å²) in [5.74, 6) is -0.848. The van der Waals surface area contributed by atoms with Gasteiger partial charge in [-0.2, -0.15) is 0 Å². The fraction of sp³-hybridized carbons (Fsp3) is 0.500. The lowest BCUT2D eigenvalue weighted by molar-refractivity contribution is -0.142. The van der Waals surface area contributed by atoms with Crippen LogP contribution in [-0.2, 0) is 9.53 Å². The molecule has 0 aliphatic rings. The summed E-state index contributed by atoms with van der Waals surface area (Å²) in [5, 5.41) is 5.43. The van der Waals surface area contributed by atoms with E-state index in [1.807, 2.05) is 0 Å². The second kappa shape index (κ2) is 4.13. The molecule has 0 bridgehead atoms. The molecule has 0 radical (unpaired) electrons. The summed E-state index contributed by atoms with van der Waals surface area (Å²) in [6, 6.07) is 0. The zero-order valence-corrected chi connectivity index (χ0v) is 7.37. The van der Waals surface area contributed by atoms with Crippen molar-refractivity contribution in [3.8, 4) is 0 Å². The van der Waals surface area contributed by atoms with Crippen LogP contribution in [0.2, 0.25) is 0 Å². The van der Waals surface area contributed by atoms with Gasteiger partial charge >= 0.3 is 5.97 Å². The Labute approximate surface area is 73.7 Å². The minimum atomic E-state index is -0.478. The van der Waals surface area contributed by atoms with E-state index in [2.05, 4.69) is 14.3 Å². The Morgan fingerprint density at radius 2 is 2.67 bits per heavy atom. The van der Waals surface area contributed by atoms with Gasteiger partial charge in [-0.15, -0.1) is 5.10 Å². The number of esters is 1. The number of hydrogen-bond acceptors (Lipinski definition) is 6. The summed E-state index contributed by atoms with van der Waals surface area (Å²) in [6.07, 6.45) is 0. The second-order valence-electron chi connectivity index (χ2n) is 2.14. The molecule has 0 spiro atoms. The van der Waals surface area contributed by atoms with Crippen molar-refractivity contribution in [2.45, 2.75) is 5.92 Å². The van der Waals surface area contributed by atoms with Gasteiger partial charge in [-0.1, -0.05) is 4.49 Å². The fourth-order valence-electron chi connectivity index (χ4n) is 0.804. The van der Waals surface area contributed by atoms with Crippen LogP contribution in [0, 0.1) is 0 Å². The van der Waals surface area contributed by atoms with Crippen molar-refractivity contribution in [2.24, 2.45) is 5.73 Å². The van der Waals surface area contributed by atoms with Crippen molar-refractivity contribution in [1.29, 1.82) is 0 Å². The first-order valence-corrected chi connectivity index (χ1v) is 4.18. The highest BCUT2D eigenvalue weighted by Crippen LogP contribution is 2.13. The van der Waals surface area contributed by atoms with Crippen molar-refractivity contribution in [1.82, 2.24) is 9.59 Å². The average molecular weight is 187 g/mol. The minimum absolute atomic E-state index is 0.193. The van der Waals surface area contributed by atoms with Crippen LogP contribution in [0.15, 0.2) is 5.38 Å². The highest BCUT2D eigenvalue weighted by molar-refractivity contribution is 7.03. The largest absolute Gasteiger partial charge is 0.468 e. The molecule has 1 atom stereocenters. The van der Waals surface area contributed by atoms with Crippen molar-refractivity contribution in [3.63, 3.8) is 0 Å². The number of rotatable bonds is 3. The van der Waals surface area contributed by atoms with Crippen LogP contribution in [0.5, 0.6) is 0 Å². The van der Waals surface area contributed by atoms with Gasteiger partial charge in [0.2, 0.25) is 0 Å². The third-order valence-corrected chi connectivity index (χ3v) is 1.98. The highest BCUT2D eigenvalue weighted by atomic mass is 32.1. The maximum Gasteiger partial charge on any atom is 0.316 e. The Morgan fingerprint density at radius 3 is 3.08 bits per heavy atom. The van der Waals surface area contributed by atoms with Gasteiger partial charge in [0, 0.05) is 11.9 Å². The molecule has 1 unspecified atom stereocenters. The van der Waals surface area contributed by atoms with E-state index in [0.29, 0.717) is 5.69 Å². The fourth-order valence-corrected chi connectivity index (χ4v) is 1.31. The summed E-state index contributed by atoms with van der Waals surface area (Å²) >= 11 is 1.19. The number of ether oxygens (including phenoxy) is 1. The molecular weight excluding hydrogens is 178 g/mol. The third-order valence-electron chi connectivity index (χ3n) is 1.46. The number of methoxy groups -OCH3 is 1. The molecule has 1 heterocycles. The van der Waals surface area contributed by atoms with Crippen molar-refractivity contribution in [3.05, 3.63) is 11.1 Å². The predicted octanol–water partition coefficient (Wildman–Crippen LogP) is -0.247. The predicted molar refractivity (Wildman–Crippen MR) is 43.7 cm³/mol. The molecule has 12 heavy (non-hydrogen) atoms. The molecule has 5 nitrogen and oxygen atoms in total. The molecule has 6 heteroatoms. The van der Waals surface area contributed by atoms with Gasteiger partial charge in [-0.25, -0.2) is 0 Å². The van der Waals surface area contributed by atoms with Crippen LogP contribution in [0.3, 0.4) is 0 Å². The number of carbonyl (C=O) groups is 1. The van der Waals surface area contributed by atoms with E-state index in [1.54, 1.807) is 5.38 Å². The van der Waals surface area contributed by atoms with Gasteiger partial charge in [-0.05, 0) is 11.5 Å². The molecule has 2 N–H and O–H groups in total. The van der Waals surface area contributed by atoms with E-state index in [9.17, 15) is 4.79 Å². The van der Waals surface area contributed by atoms with Gasteiger partial charge in [-0.3, -0.25) is 4.79 Å². The second-order valence-corrected chi connectivity index (χ2v) is 2.75. The zero-order valence-electron chi connectivity index (χ0n) is 6.56. The van der Waals surface area contributed by atoms with Gasteiger partial charge in [0.1, 0.15) is 5.92 Å². The minimum Gasteiger partial charge on any atom is -0.468 e. The van der Waals surface area contributed by atoms with Crippen LogP contribution in [0.4, 0.5) is 0 Å². The number of nitrogens with two attached hydrogens (primary N) is 1. The number of nitrogens with zero attached hydrogens (tertiary/aromatic N) is 2. The van der Waals surface area contributed by atoms with E-state index >= 15 is 0 Å². The maximum absolute atomic E-state index is 11.1. The third kappa shape index (κ3) is 1.77. The standard InChI is InChI=1S/C6H9N3O2S/c1-11-6(10)4(2-7)5-3-12-9-8-5/h3-4H,2,7H2,1H3. The molecule has 0 saturated heterocycles. The lowest BCUT2D eigenvalue weighted by Crippen LogP contribution is -2.23. The van der Waals surface area contributed by atoms with Crippen molar-refractivity contribution in [2.75, 3.05) is 13.7 Å². The topological polar surface area (TPSA) is 78.1 Å². The Kier molecular flexibility index (Phi) is 3.12. The lowest BCUT2D eigenvalue weighted by Gasteiger charge is -2.07. The van der Waals surface area contributed by atoms with Crippen LogP contribution in [0.25, 0.3) is 0 Å². The number of aromatic nitrogens is 2. The van der Waals surface area contributed by atoms with Crippen LogP contribution < -0.4 is 5.73 Å². The summed E-state index contributed by atoms with van der Waals surface area (Å²) in [6.45, 7) is 0.193. The maximum atomic E-state index is 11.1. The summed E-state index contributed by atoms with van der Waals surface area (Å²) in [7, 11) is 1.32. The first-order valence-electron chi connectivity index (χ1n) is 3.34. The SMILES string of the molecule is COC(=O)C(CN)c1csnn1. The van der Waals surface area contributed by atoms with E-state index in [4.69, 9.17) is 5.73 Å². The Morgan fingerprint density at radius 1 is 1.92 bits per heavy atom. The zero-order chi connectivity index (χ0) is 8.97. The Bertz CT molecular complexity index is 249. The molecule has 1 aromatic rings. The molecule has 0 aliphatic heterocycles. The van der Waals surface area contributed by atoms with Crippen molar-refractivity contribution >= 4 is 17.5 Å². The monoisotopic (exact) mass is 187 g/mol. The molecular formula is C6H9N3O2S. The van der Waals surface area contributed by atoms with Gasteiger partial charge in [0.25, 0.3) is 0 Å². The van der Waals surface area contributed by atoms with Crippen LogP contribution >= 0.6 is 11.5 Å². The average Bonchev–Trinajstić information content (AvgIpc) is 2.58. The van der Waals surface area contributed by atoms with Gasteiger partial charge in [0.15, 0.2) is 0 Å². The molecule has 0 aromatic carbocycles. The summed E-state index contributed by atoms with van der Waals surface area (Å²) in [5.41, 5.74) is 5.95. The molecule has 1 aromatic heterocycles. The molecule has 66 valence electrons. The molecule has 0 amide bonds. The van der Waals surface area contributed by atoms with Crippen molar-refractivity contribution < 1.29 is 9.53 Å². The first kappa shape index (κ1) is 9.08. The summed E-state index contributed by atoms with van der Waals surface area (Å²) < 4.78 is 8.18. The smallest absolute Gasteiger partial charge is 0.316 e.